The average molecular weight is 434 g/mol. The maximum Gasteiger partial charge on any atom is 0.321 e. The average Bonchev–Trinajstić information content (AvgIpc) is 3.35. The highest BCUT2D eigenvalue weighted by Gasteiger charge is 2.54. The summed E-state index contributed by atoms with van der Waals surface area (Å²) >= 11 is 0. The van der Waals surface area contributed by atoms with Crippen LogP contribution in [-0.2, 0) is 14.9 Å². The fourth-order valence-corrected chi connectivity index (χ4v) is 4.50. The fourth-order valence-electron chi connectivity index (χ4n) is 4.50. The Morgan fingerprint density at radius 1 is 1.32 bits per heavy atom. The molecule has 4 rings (SSSR count). The zero-order valence-electron chi connectivity index (χ0n) is 17.3. The van der Waals surface area contributed by atoms with E-state index in [0.717, 1.165) is 18.2 Å². The number of ether oxygens (including phenoxy) is 1. The van der Waals surface area contributed by atoms with Crippen LogP contribution in [0.15, 0.2) is 18.2 Å². The maximum atomic E-state index is 14.0. The molecule has 11 heteroatoms. The van der Waals surface area contributed by atoms with Crippen LogP contribution in [0.3, 0.4) is 0 Å². The fraction of sp³-hybridized carbons (Fsp3) is 0.500. The standard InChI is InChI=1S/C20H24F2N6O3/c1-12-23-18(26-25-12)20-5-6-27(17(29)10-31-2)8-13(20)9-28(11-20)19(30)24-16-7-14(21)3-4-15(16)22/h3-4,7,13H,5-6,8-11H2,1-2H3,(H,24,30)(H,23,25,26)/t13-,20-/m1/s1. The minimum absolute atomic E-state index is 0.0114. The zero-order chi connectivity index (χ0) is 22.2. The number of fused-ring (bicyclic) bond motifs is 1. The number of hydrogen-bond acceptors (Lipinski definition) is 5. The molecule has 2 fully saturated rings. The molecule has 0 spiro atoms. The van der Waals surface area contributed by atoms with Gasteiger partial charge in [-0.25, -0.2) is 18.6 Å². The van der Waals surface area contributed by atoms with Gasteiger partial charge < -0.3 is 19.9 Å². The largest absolute Gasteiger partial charge is 0.375 e. The van der Waals surface area contributed by atoms with Gasteiger partial charge in [-0.2, -0.15) is 5.10 Å². The van der Waals surface area contributed by atoms with Crippen molar-refractivity contribution in [3.05, 3.63) is 41.5 Å². The van der Waals surface area contributed by atoms with Crippen molar-refractivity contribution < 1.29 is 23.1 Å². The number of hydrogen-bond donors (Lipinski definition) is 2. The van der Waals surface area contributed by atoms with Gasteiger partial charge in [0, 0.05) is 45.3 Å². The summed E-state index contributed by atoms with van der Waals surface area (Å²) in [6.07, 6.45) is 0.572. The number of amides is 3. The van der Waals surface area contributed by atoms with Gasteiger partial charge in [-0.1, -0.05) is 0 Å². The summed E-state index contributed by atoms with van der Waals surface area (Å²) in [6, 6.07) is 2.35. The van der Waals surface area contributed by atoms with Gasteiger partial charge in [0.25, 0.3) is 0 Å². The summed E-state index contributed by atoms with van der Waals surface area (Å²) in [6.45, 7) is 3.33. The van der Waals surface area contributed by atoms with Gasteiger partial charge in [0.2, 0.25) is 5.91 Å². The number of H-pyrrole nitrogens is 1. The lowest BCUT2D eigenvalue weighted by Crippen LogP contribution is -2.52. The molecule has 2 aliphatic heterocycles. The van der Waals surface area contributed by atoms with Gasteiger partial charge >= 0.3 is 6.03 Å². The van der Waals surface area contributed by atoms with Crippen molar-refractivity contribution in [3.8, 4) is 0 Å². The second-order valence-electron chi connectivity index (χ2n) is 8.06. The van der Waals surface area contributed by atoms with Crippen LogP contribution in [-0.4, -0.2) is 76.8 Å². The Morgan fingerprint density at radius 2 is 2.10 bits per heavy atom. The Kier molecular flexibility index (Phi) is 5.61. The number of nitrogens with zero attached hydrogens (tertiary/aromatic N) is 4. The van der Waals surface area contributed by atoms with Gasteiger partial charge in [0.05, 0.1) is 11.1 Å². The van der Waals surface area contributed by atoms with Gasteiger partial charge in [-0.05, 0) is 25.5 Å². The molecular weight excluding hydrogens is 410 g/mol. The van der Waals surface area contributed by atoms with Crippen molar-refractivity contribution in [2.75, 3.05) is 45.2 Å². The van der Waals surface area contributed by atoms with Crippen LogP contribution in [0.1, 0.15) is 18.1 Å². The number of rotatable bonds is 4. The monoisotopic (exact) mass is 434 g/mol. The number of piperidine rings is 1. The topological polar surface area (TPSA) is 103 Å². The first kappa shape index (κ1) is 21.2. The summed E-state index contributed by atoms with van der Waals surface area (Å²) < 4.78 is 32.4. The van der Waals surface area contributed by atoms with E-state index in [1.54, 1.807) is 16.7 Å². The van der Waals surface area contributed by atoms with E-state index in [0.29, 0.717) is 44.2 Å². The Hall–Kier alpha value is -3.08. The molecule has 0 saturated carbocycles. The molecule has 166 valence electrons. The minimum atomic E-state index is -0.720. The number of urea groups is 1. The van der Waals surface area contributed by atoms with E-state index in [1.807, 2.05) is 0 Å². The zero-order valence-corrected chi connectivity index (χ0v) is 17.3. The number of aromatic nitrogens is 3. The first-order valence-electron chi connectivity index (χ1n) is 9.99. The van der Waals surface area contributed by atoms with Crippen LogP contribution in [0.2, 0.25) is 0 Å². The summed E-state index contributed by atoms with van der Waals surface area (Å²) in [5.74, 6) is -0.340. The van der Waals surface area contributed by atoms with E-state index in [-0.39, 0.29) is 24.1 Å². The second-order valence-corrected chi connectivity index (χ2v) is 8.06. The normalized spacial score (nSPS) is 23.0. The third-order valence-corrected chi connectivity index (χ3v) is 6.08. The number of likely N-dealkylation sites (tertiary alicyclic amines) is 2. The Balaban J connectivity index is 1.57. The number of carbonyl (C=O) groups excluding carboxylic acids is 2. The van der Waals surface area contributed by atoms with Crippen LogP contribution in [0, 0.1) is 24.5 Å². The van der Waals surface area contributed by atoms with Crippen LogP contribution < -0.4 is 5.32 Å². The number of anilines is 1. The van der Waals surface area contributed by atoms with E-state index in [9.17, 15) is 18.4 Å². The van der Waals surface area contributed by atoms with E-state index < -0.39 is 23.1 Å². The predicted molar refractivity (Wildman–Crippen MR) is 106 cm³/mol. The highest BCUT2D eigenvalue weighted by molar-refractivity contribution is 5.90. The van der Waals surface area contributed by atoms with Gasteiger partial charge in [0.1, 0.15) is 24.1 Å². The smallest absolute Gasteiger partial charge is 0.321 e. The molecule has 1 aromatic carbocycles. The molecule has 2 N–H and O–H groups in total. The number of carbonyl (C=O) groups is 2. The summed E-state index contributed by atoms with van der Waals surface area (Å²) in [5.41, 5.74) is -0.758. The van der Waals surface area contributed by atoms with Gasteiger partial charge in [-0.15, -0.1) is 0 Å². The van der Waals surface area contributed by atoms with Gasteiger partial charge in [-0.3, -0.25) is 9.89 Å². The molecule has 3 heterocycles. The van der Waals surface area contributed by atoms with E-state index in [4.69, 9.17) is 4.74 Å². The second kappa shape index (κ2) is 8.22. The molecule has 2 atom stereocenters. The molecule has 1 aromatic heterocycles. The molecule has 0 unspecified atom stereocenters. The quantitative estimate of drug-likeness (QED) is 0.762. The van der Waals surface area contributed by atoms with Crippen LogP contribution >= 0.6 is 0 Å². The van der Waals surface area contributed by atoms with E-state index >= 15 is 0 Å². The number of halogens is 2. The van der Waals surface area contributed by atoms with Crippen molar-refractivity contribution in [3.63, 3.8) is 0 Å². The van der Waals surface area contributed by atoms with Crippen LogP contribution in [0.5, 0.6) is 0 Å². The first-order chi connectivity index (χ1) is 14.8. The number of aryl methyl sites for hydroxylation is 1. The highest BCUT2D eigenvalue weighted by Crippen LogP contribution is 2.44. The van der Waals surface area contributed by atoms with Crippen molar-refractivity contribution in [1.82, 2.24) is 25.0 Å². The highest BCUT2D eigenvalue weighted by atomic mass is 19.1. The molecule has 2 saturated heterocycles. The predicted octanol–water partition coefficient (Wildman–Crippen LogP) is 1.67. The molecule has 0 bridgehead atoms. The summed E-state index contributed by atoms with van der Waals surface area (Å²) in [7, 11) is 1.47. The molecule has 2 aliphatic rings. The van der Waals surface area contributed by atoms with Crippen LogP contribution in [0.25, 0.3) is 0 Å². The molecule has 0 aliphatic carbocycles. The lowest BCUT2D eigenvalue weighted by atomic mass is 9.72. The Bertz CT molecular complexity index is 999. The molecule has 3 amide bonds. The molecule has 31 heavy (non-hydrogen) atoms. The number of nitrogens with one attached hydrogen (secondary N) is 2. The summed E-state index contributed by atoms with van der Waals surface area (Å²) in [4.78, 5) is 33.0. The van der Waals surface area contributed by atoms with Crippen LogP contribution in [0.4, 0.5) is 19.3 Å². The van der Waals surface area contributed by atoms with Crippen molar-refractivity contribution in [2.24, 2.45) is 5.92 Å². The first-order valence-corrected chi connectivity index (χ1v) is 9.99. The third kappa shape index (κ3) is 3.97. The maximum absolute atomic E-state index is 14.0. The van der Waals surface area contributed by atoms with Crippen molar-refractivity contribution in [1.29, 1.82) is 0 Å². The lowest BCUT2D eigenvalue weighted by Gasteiger charge is -2.41. The van der Waals surface area contributed by atoms with Gasteiger partial charge in [0.15, 0.2) is 5.82 Å². The SMILES string of the molecule is COCC(=O)N1CC[C@@]2(c3n[nH]c(C)n3)CN(C(=O)Nc3cc(F)ccc3F)C[C@H]2C1. The number of aromatic amines is 1. The number of methoxy groups -OCH3 is 1. The van der Waals surface area contributed by atoms with Crippen molar-refractivity contribution in [2.45, 2.75) is 18.8 Å². The summed E-state index contributed by atoms with van der Waals surface area (Å²) in [5, 5.41) is 9.66. The van der Waals surface area contributed by atoms with Crippen molar-refractivity contribution >= 4 is 17.6 Å². The molecule has 0 radical (unpaired) electrons. The van der Waals surface area contributed by atoms with E-state index in [1.165, 1.54) is 7.11 Å². The molecule has 2 aromatic rings. The van der Waals surface area contributed by atoms with E-state index in [2.05, 4.69) is 20.5 Å². The molecule has 9 nitrogen and oxygen atoms in total. The molecular formula is C20H24F2N6O3. The Morgan fingerprint density at radius 3 is 2.81 bits per heavy atom. The minimum Gasteiger partial charge on any atom is -0.375 e. The number of benzene rings is 1. The Labute approximate surface area is 177 Å². The third-order valence-electron chi connectivity index (χ3n) is 6.08. The lowest BCUT2D eigenvalue weighted by molar-refractivity contribution is -0.137.